The van der Waals surface area contributed by atoms with Crippen LogP contribution >= 0.6 is 0 Å². The van der Waals surface area contributed by atoms with Crippen LogP contribution in [0.5, 0.6) is 0 Å². The van der Waals surface area contributed by atoms with Gasteiger partial charge in [0.15, 0.2) is 0 Å². The van der Waals surface area contributed by atoms with E-state index in [0.29, 0.717) is 24.0 Å². The van der Waals surface area contributed by atoms with E-state index in [2.05, 4.69) is 13.8 Å². The zero-order chi connectivity index (χ0) is 9.19. The Balaban J connectivity index is 2.52. The van der Waals surface area contributed by atoms with Crippen molar-refractivity contribution in [3.8, 4) is 0 Å². The fourth-order valence-electron chi connectivity index (χ4n) is 2.09. The van der Waals surface area contributed by atoms with Crippen molar-refractivity contribution in [3.05, 3.63) is 0 Å². The maximum absolute atomic E-state index is 5.70. The summed E-state index contributed by atoms with van der Waals surface area (Å²) in [5, 5.41) is 0. The molecule has 1 atom stereocenters. The molecule has 0 spiro atoms. The molecule has 1 saturated carbocycles. The summed E-state index contributed by atoms with van der Waals surface area (Å²) in [6, 6.07) is 0. The molecule has 1 rings (SSSR count). The van der Waals surface area contributed by atoms with E-state index in [0.717, 1.165) is 6.61 Å². The van der Waals surface area contributed by atoms with Gasteiger partial charge in [-0.15, -0.1) is 0 Å². The predicted octanol–water partition coefficient (Wildman–Crippen LogP) is 1.79. The zero-order valence-electron chi connectivity index (χ0n) is 8.47. The van der Waals surface area contributed by atoms with Gasteiger partial charge in [-0.2, -0.15) is 0 Å². The molecular formula is C10H21NO. The second-order valence-corrected chi connectivity index (χ2v) is 4.07. The number of nitrogens with two attached hydrogens (primary N) is 1. The van der Waals surface area contributed by atoms with Gasteiger partial charge in [0.2, 0.25) is 0 Å². The summed E-state index contributed by atoms with van der Waals surface area (Å²) in [5.74, 6) is 0.706. The maximum Gasteiger partial charge on any atom is 0.0755 e. The first-order valence-corrected chi connectivity index (χ1v) is 4.99. The van der Waals surface area contributed by atoms with Crippen molar-refractivity contribution >= 4 is 0 Å². The first kappa shape index (κ1) is 10.0. The van der Waals surface area contributed by atoms with Gasteiger partial charge in [-0.25, -0.2) is 0 Å². The van der Waals surface area contributed by atoms with Crippen molar-refractivity contribution in [1.29, 1.82) is 0 Å². The van der Waals surface area contributed by atoms with E-state index in [1.165, 1.54) is 12.8 Å². The minimum absolute atomic E-state index is 0.294. The molecule has 0 aliphatic heterocycles. The summed E-state index contributed by atoms with van der Waals surface area (Å²) in [4.78, 5) is 0. The van der Waals surface area contributed by atoms with Crippen molar-refractivity contribution in [2.24, 2.45) is 17.1 Å². The Labute approximate surface area is 75.5 Å². The van der Waals surface area contributed by atoms with Gasteiger partial charge in [0.1, 0.15) is 0 Å². The molecule has 72 valence electrons. The molecule has 0 radical (unpaired) electrons. The molecule has 0 heterocycles. The lowest BCUT2D eigenvalue weighted by atomic mass is 9.86. The van der Waals surface area contributed by atoms with Crippen LogP contribution in [0.25, 0.3) is 0 Å². The van der Waals surface area contributed by atoms with Crippen LogP contribution in [0.1, 0.15) is 33.6 Å². The first-order chi connectivity index (χ1) is 5.67. The summed E-state index contributed by atoms with van der Waals surface area (Å²) in [6.07, 6.45) is 2.89. The summed E-state index contributed by atoms with van der Waals surface area (Å²) in [5.41, 5.74) is 6.12. The summed E-state index contributed by atoms with van der Waals surface area (Å²) >= 11 is 0. The molecule has 1 fully saturated rings. The fourth-order valence-corrected chi connectivity index (χ4v) is 2.09. The quantitative estimate of drug-likeness (QED) is 0.684. The van der Waals surface area contributed by atoms with Gasteiger partial charge >= 0.3 is 0 Å². The lowest BCUT2D eigenvalue weighted by Gasteiger charge is -2.28. The standard InChI is InChI=1S/C10H21NO/c1-4-12-9(7-11)10(5-6-10)8(2)3/h8-9H,4-7,11H2,1-3H3. The smallest absolute Gasteiger partial charge is 0.0755 e. The van der Waals surface area contributed by atoms with Gasteiger partial charge in [-0.05, 0) is 25.7 Å². The Morgan fingerprint density at radius 2 is 2.00 bits per heavy atom. The van der Waals surface area contributed by atoms with Crippen LogP contribution in [0.4, 0.5) is 0 Å². The molecule has 0 aromatic carbocycles. The minimum atomic E-state index is 0.294. The molecule has 1 unspecified atom stereocenters. The molecule has 0 bridgehead atoms. The Kier molecular flexibility index (Phi) is 3.13. The summed E-state index contributed by atoms with van der Waals surface area (Å²) in [6.45, 7) is 8.05. The predicted molar refractivity (Wildman–Crippen MR) is 51.0 cm³/mol. The number of ether oxygens (including phenoxy) is 1. The van der Waals surface area contributed by atoms with Gasteiger partial charge in [-0.1, -0.05) is 13.8 Å². The Hall–Kier alpha value is -0.0800. The Morgan fingerprint density at radius 1 is 1.42 bits per heavy atom. The van der Waals surface area contributed by atoms with Crippen LogP contribution in [-0.4, -0.2) is 19.3 Å². The molecule has 1 aliphatic carbocycles. The van der Waals surface area contributed by atoms with Crippen LogP contribution in [0, 0.1) is 11.3 Å². The number of hydrogen-bond acceptors (Lipinski definition) is 2. The van der Waals surface area contributed by atoms with Crippen molar-refractivity contribution in [3.63, 3.8) is 0 Å². The van der Waals surface area contributed by atoms with Crippen molar-refractivity contribution in [2.75, 3.05) is 13.2 Å². The third kappa shape index (κ3) is 1.64. The van der Waals surface area contributed by atoms with Gasteiger partial charge in [0.05, 0.1) is 6.10 Å². The van der Waals surface area contributed by atoms with E-state index in [-0.39, 0.29) is 0 Å². The fraction of sp³-hybridized carbons (Fsp3) is 1.00. The van der Waals surface area contributed by atoms with Crippen LogP contribution < -0.4 is 5.73 Å². The zero-order valence-corrected chi connectivity index (χ0v) is 8.47. The van der Waals surface area contributed by atoms with E-state index in [1.54, 1.807) is 0 Å². The lowest BCUT2D eigenvalue weighted by Crippen LogP contribution is -2.36. The largest absolute Gasteiger partial charge is 0.377 e. The first-order valence-electron chi connectivity index (χ1n) is 4.99. The highest BCUT2D eigenvalue weighted by molar-refractivity contribution is 5.01. The van der Waals surface area contributed by atoms with Gasteiger partial charge in [-0.3, -0.25) is 0 Å². The molecule has 0 saturated heterocycles. The average Bonchev–Trinajstić information content (AvgIpc) is 2.80. The summed E-state index contributed by atoms with van der Waals surface area (Å²) < 4.78 is 5.65. The Bertz CT molecular complexity index is 141. The van der Waals surface area contributed by atoms with Crippen molar-refractivity contribution in [1.82, 2.24) is 0 Å². The van der Waals surface area contributed by atoms with Crippen LogP contribution in [0.15, 0.2) is 0 Å². The van der Waals surface area contributed by atoms with E-state index >= 15 is 0 Å². The van der Waals surface area contributed by atoms with E-state index in [4.69, 9.17) is 10.5 Å². The molecule has 2 N–H and O–H groups in total. The van der Waals surface area contributed by atoms with Crippen LogP contribution in [-0.2, 0) is 4.74 Å². The highest BCUT2D eigenvalue weighted by atomic mass is 16.5. The average molecular weight is 171 g/mol. The number of rotatable bonds is 5. The highest BCUT2D eigenvalue weighted by Crippen LogP contribution is 2.55. The SMILES string of the molecule is CCOC(CN)C1(C(C)C)CC1. The molecule has 0 amide bonds. The monoisotopic (exact) mass is 171 g/mol. The molecule has 12 heavy (non-hydrogen) atoms. The van der Waals surface area contributed by atoms with Gasteiger partial charge in [0.25, 0.3) is 0 Å². The normalized spacial score (nSPS) is 22.8. The van der Waals surface area contributed by atoms with E-state index in [1.807, 2.05) is 6.92 Å². The second kappa shape index (κ2) is 3.75. The van der Waals surface area contributed by atoms with Gasteiger partial charge in [0, 0.05) is 18.6 Å². The van der Waals surface area contributed by atoms with E-state index in [9.17, 15) is 0 Å². The minimum Gasteiger partial charge on any atom is -0.377 e. The highest BCUT2D eigenvalue weighted by Gasteiger charge is 2.51. The van der Waals surface area contributed by atoms with E-state index < -0.39 is 0 Å². The lowest BCUT2D eigenvalue weighted by molar-refractivity contribution is -0.00230. The number of hydrogen-bond donors (Lipinski definition) is 1. The van der Waals surface area contributed by atoms with Crippen LogP contribution in [0.2, 0.25) is 0 Å². The second-order valence-electron chi connectivity index (χ2n) is 4.07. The molecule has 0 aromatic heterocycles. The van der Waals surface area contributed by atoms with Crippen LogP contribution in [0.3, 0.4) is 0 Å². The summed E-state index contributed by atoms with van der Waals surface area (Å²) in [7, 11) is 0. The maximum atomic E-state index is 5.70. The molecule has 0 aromatic rings. The molecule has 1 aliphatic rings. The van der Waals surface area contributed by atoms with Crippen molar-refractivity contribution in [2.45, 2.75) is 39.7 Å². The third-order valence-corrected chi connectivity index (χ3v) is 3.20. The Morgan fingerprint density at radius 3 is 2.25 bits per heavy atom. The molecular weight excluding hydrogens is 150 g/mol. The molecule has 2 heteroatoms. The molecule has 2 nitrogen and oxygen atoms in total. The van der Waals surface area contributed by atoms with Gasteiger partial charge < -0.3 is 10.5 Å². The van der Waals surface area contributed by atoms with Crippen molar-refractivity contribution < 1.29 is 4.74 Å². The third-order valence-electron chi connectivity index (χ3n) is 3.20. The topological polar surface area (TPSA) is 35.2 Å².